The predicted molar refractivity (Wildman–Crippen MR) is 16.3 cm³/mol. The molecular weight excluding hydrogens is 428 g/mol. The molecule has 0 atom stereocenters. The van der Waals surface area contributed by atoms with Gasteiger partial charge in [0, 0.05) is 0 Å². The zero-order valence-corrected chi connectivity index (χ0v) is 10.5. The average Bonchev–Trinajstić information content (AvgIpc) is 1.14. The minimum absolute atomic E-state index is 0. The van der Waals surface area contributed by atoms with Crippen molar-refractivity contribution < 1.29 is 101 Å². The average molecular weight is 428 g/mol. The molecule has 0 aromatic rings. The molecule has 0 bridgehead atoms. The Morgan fingerprint density at radius 3 is 0.846 bits per heavy atom. The largest absolute Gasteiger partial charge is 1.00 e. The minimum Gasteiger partial charge on any atom is -0.790 e. The van der Waals surface area contributed by atoms with E-state index in [1.54, 1.807) is 0 Å². The van der Waals surface area contributed by atoms with E-state index >= 15 is 0 Å². The van der Waals surface area contributed by atoms with Crippen molar-refractivity contribution in [1.82, 2.24) is 0 Å². The quantitative estimate of drug-likeness (QED) is 0.331. The van der Waals surface area contributed by atoms with Gasteiger partial charge in [0.1, 0.15) is 0 Å². The molecule has 0 heterocycles. The van der Waals surface area contributed by atoms with Crippen molar-refractivity contribution in [2.45, 2.75) is 0 Å². The second-order valence-corrected chi connectivity index (χ2v) is 3.42. The summed E-state index contributed by atoms with van der Waals surface area (Å²) in [6.45, 7) is 0. The third-order valence-corrected chi connectivity index (χ3v) is 1.80. The second-order valence-electron chi connectivity index (χ2n) is 0.976. The molecule has 0 radical (unpaired) electrons. The first-order chi connectivity index (χ1) is 3.71. The summed E-state index contributed by atoms with van der Waals surface area (Å²) in [6, 6.07) is 0. The Bertz CT molecular complexity index is 159. The van der Waals surface area contributed by atoms with Crippen LogP contribution in [0.15, 0.2) is 0 Å². The van der Waals surface area contributed by atoms with E-state index in [1.807, 2.05) is 0 Å². The summed E-state index contributed by atoms with van der Waals surface area (Å²) in [7, 11) is -11.4. The molecular formula is Cu4O7P2. The van der Waals surface area contributed by atoms with Crippen LogP contribution in [0.4, 0.5) is 0 Å². The van der Waals surface area contributed by atoms with E-state index in [4.69, 9.17) is 0 Å². The molecule has 0 unspecified atom stereocenters. The van der Waals surface area contributed by atoms with Crippen molar-refractivity contribution in [2.75, 3.05) is 0 Å². The SMILES string of the molecule is O=P([O-])([O-])OP(=O)([O-])[O-].[Cu+].[Cu+].[Cu+].[Cu+]. The monoisotopic (exact) mass is 426 g/mol. The van der Waals surface area contributed by atoms with E-state index in [0.717, 1.165) is 0 Å². The van der Waals surface area contributed by atoms with Crippen LogP contribution in [0.2, 0.25) is 0 Å². The Morgan fingerprint density at radius 1 is 0.692 bits per heavy atom. The summed E-state index contributed by atoms with van der Waals surface area (Å²) in [6.07, 6.45) is 0. The third kappa shape index (κ3) is 31.4. The Balaban J connectivity index is -0.0000000533. The molecule has 0 aromatic carbocycles. The topological polar surface area (TPSA) is 136 Å². The van der Waals surface area contributed by atoms with Gasteiger partial charge in [0.15, 0.2) is 0 Å². The Kier molecular flexibility index (Phi) is 24.6. The molecule has 0 amide bonds. The van der Waals surface area contributed by atoms with E-state index in [0.29, 0.717) is 0 Å². The van der Waals surface area contributed by atoms with Gasteiger partial charge in [-0.15, -0.1) is 0 Å². The van der Waals surface area contributed by atoms with Gasteiger partial charge < -0.3 is 33.0 Å². The van der Waals surface area contributed by atoms with Crippen LogP contribution in [0.1, 0.15) is 0 Å². The van der Waals surface area contributed by atoms with Gasteiger partial charge in [-0.25, -0.2) is 0 Å². The Hall–Kier alpha value is 2.34. The normalized spacial score (nSPS) is 9.54. The van der Waals surface area contributed by atoms with Gasteiger partial charge in [-0.1, -0.05) is 0 Å². The summed E-state index contributed by atoms with van der Waals surface area (Å²) in [5.74, 6) is 0. The molecule has 0 N–H and O–H groups in total. The van der Waals surface area contributed by atoms with Crippen molar-refractivity contribution in [1.29, 1.82) is 0 Å². The molecule has 7 nitrogen and oxygen atoms in total. The zero-order valence-electron chi connectivity index (χ0n) is 4.96. The van der Waals surface area contributed by atoms with Crippen LogP contribution in [0, 0.1) is 0 Å². The van der Waals surface area contributed by atoms with E-state index in [2.05, 4.69) is 4.31 Å². The first-order valence-electron chi connectivity index (χ1n) is 1.46. The number of hydrogen-bond donors (Lipinski definition) is 0. The van der Waals surface area contributed by atoms with Crippen LogP contribution < -0.4 is 19.6 Å². The molecule has 0 aliphatic rings. The van der Waals surface area contributed by atoms with Crippen molar-refractivity contribution in [3.05, 3.63) is 0 Å². The fourth-order valence-corrected chi connectivity index (χ4v) is 1.10. The maximum atomic E-state index is 9.32. The first kappa shape index (κ1) is 29.5. The predicted octanol–water partition coefficient (Wildman–Crippen LogP) is -3.35. The third-order valence-electron chi connectivity index (χ3n) is 0.200. The van der Waals surface area contributed by atoms with Crippen molar-refractivity contribution in [3.8, 4) is 0 Å². The molecule has 0 saturated heterocycles. The Labute approximate surface area is 116 Å². The fourth-order valence-electron chi connectivity index (χ4n) is 0.122. The smallest absolute Gasteiger partial charge is 0.790 e. The van der Waals surface area contributed by atoms with Crippen molar-refractivity contribution >= 4 is 15.6 Å². The van der Waals surface area contributed by atoms with Gasteiger partial charge in [0.05, 0.1) is 15.6 Å². The summed E-state index contributed by atoms with van der Waals surface area (Å²) in [4.78, 5) is 37.3. The van der Waals surface area contributed by atoms with Crippen LogP contribution in [0.5, 0.6) is 0 Å². The molecule has 0 saturated carbocycles. The van der Waals surface area contributed by atoms with E-state index in [1.165, 1.54) is 0 Å². The number of phosphoric acid groups is 2. The second kappa shape index (κ2) is 10.8. The maximum Gasteiger partial charge on any atom is 1.00 e. The summed E-state index contributed by atoms with van der Waals surface area (Å²) in [5.41, 5.74) is 0. The Morgan fingerprint density at radius 2 is 0.846 bits per heavy atom. The van der Waals surface area contributed by atoms with E-state index in [9.17, 15) is 28.7 Å². The molecule has 0 fully saturated rings. The van der Waals surface area contributed by atoms with E-state index in [-0.39, 0.29) is 68.3 Å². The van der Waals surface area contributed by atoms with Crippen LogP contribution in [0.25, 0.3) is 0 Å². The number of rotatable bonds is 2. The van der Waals surface area contributed by atoms with Gasteiger partial charge in [-0.05, 0) is 0 Å². The van der Waals surface area contributed by atoms with Crippen LogP contribution in [0.3, 0.4) is 0 Å². The van der Waals surface area contributed by atoms with Gasteiger partial charge >= 0.3 is 68.3 Å². The van der Waals surface area contributed by atoms with Crippen LogP contribution >= 0.6 is 15.6 Å². The van der Waals surface area contributed by atoms with Gasteiger partial charge in [0.25, 0.3) is 0 Å². The summed E-state index contributed by atoms with van der Waals surface area (Å²) in [5, 5.41) is 0. The molecule has 13 heavy (non-hydrogen) atoms. The maximum absolute atomic E-state index is 9.32. The minimum atomic E-state index is -5.68. The fraction of sp³-hybridized carbons (Fsp3) is 0. The van der Waals surface area contributed by atoms with Crippen molar-refractivity contribution in [3.63, 3.8) is 0 Å². The van der Waals surface area contributed by atoms with Crippen LogP contribution in [-0.4, -0.2) is 0 Å². The zero-order chi connectivity index (χ0) is 7.71. The number of hydrogen-bond acceptors (Lipinski definition) is 7. The molecule has 0 spiro atoms. The van der Waals surface area contributed by atoms with Gasteiger partial charge in [-0.3, -0.25) is 0 Å². The molecule has 96 valence electrons. The van der Waals surface area contributed by atoms with Crippen molar-refractivity contribution in [2.24, 2.45) is 0 Å². The summed E-state index contributed by atoms with van der Waals surface area (Å²) >= 11 is 0. The summed E-state index contributed by atoms with van der Waals surface area (Å²) < 4.78 is 21.2. The van der Waals surface area contributed by atoms with Gasteiger partial charge in [0.2, 0.25) is 0 Å². The molecule has 0 aromatic heterocycles. The van der Waals surface area contributed by atoms with Gasteiger partial charge in [-0.2, -0.15) is 0 Å². The molecule has 13 heteroatoms. The molecule has 0 rings (SSSR count). The standard InChI is InChI=1S/4Cu.H4O7P2/c;;;;1-8(2,3)7-9(4,5)6/h;;;;(H2,1,2,3)(H2,4,5,6)/q4*+1;/p-4. The molecule has 0 aliphatic heterocycles. The van der Waals surface area contributed by atoms with E-state index < -0.39 is 15.6 Å². The molecule has 0 aliphatic carbocycles. The van der Waals surface area contributed by atoms with Crippen LogP contribution in [-0.2, 0) is 81.7 Å². The first-order valence-corrected chi connectivity index (χ1v) is 4.38.